The van der Waals surface area contributed by atoms with Crippen molar-refractivity contribution in [3.63, 3.8) is 0 Å². The normalized spacial score (nSPS) is 10.5. The Morgan fingerprint density at radius 3 is 2.53 bits per heavy atom. The summed E-state index contributed by atoms with van der Waals surface area (Å²) in [5, 5.41) is 9.99. The number of hydrogen-bond acceptors (Lipinski definition) is 2. The van der Waals surface area contributed by atoms with Crippen molar-refractivity contribution >= 4 is 23.2 Å². The van der Waals surface area contributed by atoms with Gasteiger partial charge in [0.05, 0.1) is 10.7 Å². The van der Waals surface area contributed by atoms with Crippen molar-refractivity contribution in [2.75, 3.05) is 4.90 Å². The van der Waals surface area contributed by atoms with Gasteiger partial charge in [0.25, 0.3) is 0 Å². The molecule has 1 N–H and O–H groups in total. The maximum Gasteiger partial charge on any atom is 0.224 e. The number of carbonyl (C=O) groups is 1. The fourth-order valence-corrected chi connectivity index (χ4v) is 1.68. The van der Waals surface area contributed by atoms with Crippen molar-refractivity contribution in [1.29, 1.82) is 0 Å². The van der Waals surface area contributed by atoms with E-state index >= 15 is 0 Å². The second-order valence-electron chi connectivity index (χ2n) is 3.59. The van der Waals surface area contributed by atoms with E-state index < -0.39 is 0 Å². The van der Waals surface area contributed by atoms with Crippen molar-refractivity contribution in [2.24, 2.45) is 0 Å². The van der Waals surface area contributed by atoms with Gasteiger partial charge in [-0.05, 0) is 26.0 Å². The van der Waals surface area contributed by atoms with Crippen LogP contribution in [0.5, 0.6) is 5.75 Å². The van der Waals surface area contributed by atoms with Crippen LogP contribution in [0.4, 0.5) is 5.69 Å². The predicted molar refractivity (Wildman–Crippen MR) is 61.4 cm³/mol. The summed E-state index contributed by atoms with van der Waals surface area (Å²) < 4.78 is 0. The molecule has 0 saturated carbocycles. The summed E-state index contributed by atoms with van der Waals surface area (Å²) in [6.45, 7) is 5.21. The van der Waals surface area contributed by atoms with E-state index in [1.54, 1.807) is 18.2 Å². The van der Waals surface area contributed by atoms with E-state index in [4.69, 9.17) is 11.6 Å². The third-order valence-electron chi connectivity index (χ3n) is 2.08. The zero-order chi connectivity index (χ0) is 11.6. The smallest absolute Gasteiger partial charge is 0.224 e. The lowest BCUT2D eigenvalue weighted by Crippen LogP contribution is -2.35. The maximum absolute atomic E-state index is 11.4. The van der Waals surface area contributed by atoms with E-state index in [1.165, 1.54) is 11.8 Å². The van der Waals surface area contributed by atoms with Gasteiger partial charge in [0.2, 0.25) is 5.91 Å². The first kappa shape index (κ1) is 11.9. The van der Waals surface area contributed by atoms with Gasteiger partial charge in [0.15, 0.2) is 5.75 Å². The number of carbonyl (C=O) groups excluding carboxylic acids is 1. The molecule has 0 heterocycles. The molecule has 1 aromatic rings. The highest BCUT2D eigenvalue weighted by Gasteiger charge is 2.19. The zero-order valence-electron chi connectivity index (χ0n) is 8.99. The van der Waals surface area contributed by atoms with E-state index in [9.17, 15) is 9.90 Å². The van der Waals surface area contributed by atoms with E-state index in [0.717, 1.165) is 0 Å². The van der Waals surface area contributed by atoms with Crippen molar-refractivity contribution in [3.05, 3.63) is 23.2 Å². The topological polar surface area (TPSA) is 40.5 Å². The molecule has 0 atom stereocenters. The first-order valence-corrected chi connectivity index (χ1v) is 5.10. The van der Waals surface area contributed by atoms with Crippen LogP contribution in [0.25, 0.3) is 0 Å². The van der Waals surface area contributed by atoms with E-state index in [0.29, 0.717) is 5.69 Å². The molecule has 0 bridgehead atoms. The van der Waals surface area contributed by atoms with Gasteiger partial charge in [-0.3, -0.25) is 4.79 Å². The number of phenols is 1. The maximum atomic E-state index is 11.4. The molecule has 0 aliphatic carbocycles. The molecule has 0 aromatic heterocycles. The van der Waals surface area contributed by atoms with Crippen molar-refractivity contribution < 1.29 is 9.90 Å². The molecule has 3 nitrogen and oxygen atoms in total. The van der Waals surface area contributed by atoms with E-state index in [-0.39, 0.29) is 22.7 Å². The lowest BCUT2D eigenvalue weighted by atomic mass is 10.2. The molecule has 15 heavy (non-hydrogen) atoms. The Balaban J connectivity index is 3.23. The molecule has 82 valence electrons. The number of nitrogens with zero attached hydrogens (tertiary/aromatic N) is 1. The Kier molecular flexibility index (Phi) is 3.58. The fourth-order valence-electron chi connectivity index (χ4n) is 1.51. The molecule has 4 heteroatoms. The molecule has 0 unspecified atom stereocenters. The van der Waals surface area contributed by atoms with Gasteiger partial charge in [-0.1, -0.05) is 17.7 Å². The van der Waals surface area contributed by atoms with Crippen LogP contribution in [0, 0.1) is 0 Å². The first-order chi connectivity index (χ1) is 6.95. The van der Waals surface area contributed by atoms with Crippen molar-refractivity contribution in [1.82, 2.24) is 0 Å². The van der Waals surface area contributed by atoms with Crippen LogP contribution in [0.1, 0.15) is 20.8 Å². The van der Waals surface area contributed by atoms with Gasteiger partial charge in [-0.15, -0.1) is 0 Å². The van der Waals surface area contributed by atoms with Crippen LogP contribution >= 0.6 is 11.6 Å². The molecular weight excluding hydrogens is 214 g/mol. The van der Waals surface area contributed by atoms with Crippen LogP contribution in [0.3, 0.4) is 0 Å². The first-order valence-electron chi connectivity index (χ1n) is 4.72. The second kappa shape index (κ2) is 4.53. The van der Waals surface area contributed by atoms with Gasteiger partial charge in [-0.25, -0.2) is 0 Å². The third kappa shape index (κ3) is 2.42. The van der Waals surface area contributed by atoms with Gasteiger partial charge in [0, 0.05) is 13.0 Å². The van der Waals surface area contributed by atoms with Gasteiger partial charge in [0.1, 0.15) is 0 Å². The number of amides is 1. The summed E-state index contributed by atoms with van der Waals surface area (Å²) in [6, 6.07) is 4.93. The summed E-state index contributed by atoms with van der Waals surface area (Å²) in [7, 11) is 0. The third-order valence-corrected chi connectivity index (χ3v) is 2.39. The highest BCUT2D eigenvalue weighted by molar-refractivity contribution is 6.32. The number of phenolic OH excluding ortho intramolecular Hbond substituents is 1. The number of anilines is 1. The average molecular weight is 228 g/mol. The molecule has 0 aliphatic heterocycles. The Labute approximate surface area is 94.3 Å². The zero-order valence-corrected chi connectivity index (χ0v) is 9.75. The van der Waals surface area contributed by atoms with Crippen LogP contribution in [0.2, 0.25) is 5.02 Å². The van der Waals surface area contributed by atoms with Crippen molar-refractivity contribution in [2.45, 2.75) is 26.8 Å². The summed E-state index contributed by atoms with van der Waals surface area (Å²) in [5.74, 6) is -0.175. The monoisotopic (exact) mass is 227 g/mol. The lowest BCUT2D eigenvalue weighted by Gasteiger charge is -2.26. The highest BCUT2D eigenvalue weighted by atomic mass is 35.5. The molecule has 0 radical (unpaired) electrons. The van der Waals surface area contributed by atoms with Gasteiger partial charge in [-0.2, -0.15) is 0 Å². The second-order valence-corrected chi connectivity index (χ2v) is 4.00. The minimum absolute atomic E-state index is 0.0214. The molecule has 0 spiro atoms. The standard InChI is InChI=1S/C11H14ClNO2/c1-7(2)13(8(3)14)10-6-4-5-9(12)11(10)15/h4-7,15H,1-3H3. The Bertz CT molecular complexity index is 377. The number of rotatable bonds is 2. The molecule has 1 rings (SSSR count). The molecular formula is C11H14ClNO2. The number of para-hydroxylation sites is 1. The number of benzene rings is 1. The lowest BCUT2D eigenvalue weighted by molar-refractivity contribution is -0.116. The summed E-state index contributed by atoms with van der Waals surface area (Å²) in [5.41, 5.74) is 0.449. The Hall–Kier alpha value is -1.22. The minimum atomic E-state index is -0.123. The quantitative estimate of drug-likeness (QED) is 0.844. The Morgan fingerprint density at radius 1 is 1.47 bits per heavy atom. The molecule has 0 saturated heterocycles. The van der Waals surface area contributed by atoms with Gasteiger partial charge >= 0.3 is 0 Å². The largest absolute Gasteiger partial charge is 0.504 e. The number of hydrogen-bond donors (Lipinski definition) is 1. The minimum Gasteiger partial charge on any atom is -0.504 e. The summed E-state index contributed by atoms with van der Waals surface area (Å²) in [4.78, 5) is 12.9. The average Bonchev–Trinajstić information content (AvgIpc) is 2.11. The number of aromatic hydroxyl groups is 1. The molecule has 1 aromatic carbocycles. The summed E-state index contributed by atoms with van der Waals surface area (Å²) >= 11 is 5.78. The van der Waals surface area contributed by atoms with Crippen LogP contribution in [0.15, 0.2) is 18.2 Å². The van der Waals surface area contributed by atoms with Crippen LogP contribution < -0.4 is 4.90 Å². The molecule has 0 fully saturated rings. The van der Waals surface area contributed by atoms with Gasteiger partial charge < -0.3 is 10.0 Å². The van der Waals surface area contributed by atoms with Crippen molar-refractivity contribution in [3.8, 4) is 5.75 Å². The van der Waals surface area contributed by atoms with Crippen LogP contribution in [-0.4, -0.2) is 17.1 Å². The SMILES string of the molecule is CC(=O)N(c1cccc(Cl)c1O)C(C)C. The number of halogens is 1. The fraction of sp³-hybridized carbons (Fsp3) is 0.364. The predicted octanol–water partition coefficient (Wildman–Crippen LogP) is 2.81. The highest BCUT2D eigenvalue weighted by Crippen LogP contribution is 2.34. The molecule has 0 aliphatic rings. The summed E-state index contributed by atoms with van der Waals surface area (Å²) in [6.07, 6.45) is 0. The van der Waals surface area contributed by atoms with Crippen LogP contribution in [-0.2, 0) is 4.79 Å². The van der Waals surface area contributed by atoms with E-state index in [1.807, 2.05) is 13.8 Å². The molecule has 1 amide bonds. The Morgan fingerprint density at radius 2 is 2.07 bits per heavy atom. The van der Waals surface area contributed by atoms with E-state index in [2.05, 4.69) is 0 Å².